The fourth-order valence-corrected chi connectivity index (χ4v) is 4.05. The summed E-state index contributed by atoms with van der Waals surface area (Å²) in [5.74, 6) is 0.199. The van der Waals surface area contributed by atoms with Crippen LogP contribution in [0.4, 0.5) is 5.69 Å². The summed E-state index contributed by atoms with van der Waals surface area (Å²) >= 11 is 5.88. The summed E-state index contributed by atoms with van der Waals surface area (Å²) in [5.41, 5.74) is 1.42. The average Bonchev–Trinajstić information content (AvgIpc) is 2.98. The Hall–Kier alpha value is -2.05. The molecule has 1 aliphatic rings. The van der Waals surface area contributed by atoms with Crippen LogP contribution in [0.2, 0.25) is 5.02 Å². The van der Waals surface area contributed by atoms with E-state index in [4.69, 9.17) is 11.6 Å². The molecule has 0 unspecified atom stereocenters. The highest BCUT2D eigenvalue weighted by molar-refractivity contribution is 7.92. The second-order valence-electron chi connectivity index (χ2n) is 5.99. The zero-order valence-corrected chi connectivity index (χ0v) is 15.2. The molecular weight excluding hydrogens is 360 g/mol. The number of nitrogens with one attached hydrogen (secondary N) is 1. The molecule has 2 aromatic rings. The molecule has 25 heavy (non-hydrogen) atoms. The first-order chi connectivity index (χ1) is 11.9. The molecule has 0 spiro atoms. The number of nitrogens with zero attached hydrogens (tertiary/aromatic N) is 1. The number of anilines is 1. The van der Waals surface area contributed by atoms with Crippen molar-refractivity contribution in [3.63, 3.8) is 0 Å². The molecule has 1 amide bonds. The highest BCUT2D eigenvalue weighted by atomic mass is 35.5. The molecule has 3 rings (SSSR count). The summed E-state index contributed by atoms with van der Waals surface area (Å²) in [6.45, 7) is 1.49. The Morgan fingerprint density at radius 3 is 2.52 bits per heavy atom. The number of likely N-dealkylation sites (tertiary alicyclic amines) is 1. The number of benzene rings is 2. The summed E-state index contributed by atoms with van der Waals surface area (Å²) in [6, 6.07) is 13.3. The van der Waals surface area contributed by atoms with Gasteiger partial charge in [0.2, 0.25) is 5.91 Å². The van der Waals surface area contributed by atoms with Crippen molar-refractivity contribution in [2.75, 3.05) is 17.8 Å². The van der Waals surface area contributed by atoms with Gasteiger partial charge in [0.1, 0.15) is 0 Å². The third-order valence-electron chi connectivity index (χ3n) is 4.15. The average molecular weight is 379 g/mol. The molecule has 132 valence electrons. The van der Waals surface area contributed by atoms with Gasteiger partial charge in [0, 0.05) is 24.5 Å². The van der Waals surface area contributed by atoms with E-state index in [-0.39, 0.29) is 10.8 Å². The Bertz CT molecular complexity index is 866. The molecule has 0 atom stereocenters. The second kappa shape index (κ2) is 7.45. The van der Waals surface area contributed by atoms with Crippen molar-refractivity contribution >= 4 is 33.2 Å². The van der Waals surface area contributed by atoms with E-state index in [0.29, 0.717) is 30.1 Å². The SMILES string of the molecule is O=C1CCCN1CCc1ccc(S(=O)(=O)Nc2cccc(Cl)c2)cc1. The van der Waals surface area contributed by atoms with Gasteiger partial charge in [-0.05, 0) is 48.7 Å². The molecule has 1 saturated heterocycles. The van der Waals surface area contributed by atoms with Gasteiger partial charge in [0.05, 0.1) is 10.6 Å². The van der Waals surface area contributed by atoms with E-state index in [1.165, 1.54) is 0 Å². The van der Waals surface area contributed by atoms with Crippen LogP contribution in [0, 0.1) is 0 Å². The maximum absolute atomic E-state index is 12.4. The van der Waals surface area contributed by atoms with Crippen LogP contribution in [-0.4, -0.2) is 32.3 Å². The van der Waals surface area contributed by atoms with Gasteiger partial charge in [-0.25, -0.2) is 8.42 Å². The van der Waals surface area contributed by atoms with Crippen molar-refractivity contribution in [3.8, 4) is 0 Å². The topological polar surface area (TPSA) is 66.5 Å². The minimum Gasteiger partial charge on any atom is -0.342 e. The molecular formula is C18H19ClN2O3S. The van der Waals surface area contributed by atoms with Crippen LogP contribution in [0.25, 0.3) is 0 Å². The lowest BCUT2D eigenvalue weighted by Gasteiger charge is -2.15. The lowest BCUT2D eigenvalue weighted by molar-refractivity contribution is -0.127. The van der Waals surface area contributed by atoms with Gasteiger partial charge in [0.25, 0.3) is 10.0 Å². The molecule has 0 saturated carbocycles. The number of sulfonamides is 1. The van der Waals surface area contributed by atoms with Crippen molar-refractivity contribution < 1.29 is 13.2 Å². The maximum atomic E-state index is 12.4. The van der Waals surface area contributed by atoms with Crippen molar-refractivity contribution in [2.24, 2.45) is 0 Å². The first-order valence-corrected chi connectivity index (χ1v) is 9.95. The highest BCUT2D eigenvalue weighted by Gasteiger charge is 2.19. The molecule has 0 aromatic heterocycles. The Labute approximate surface area is 152 Å². The van der Waals surface area contributed by atoms with Crippen LogP contribution in [0.1, 0.15) is 18.4 Å². The quantitative estimate of drug-likeness (QED) is 0.838. The van der Waals surface area contributed by atoms with Gasteiger partial charge in [-0.15, -0.1) is 0 Å². The fraction of sp³-hybridized carbons (Fsp3) is 0.278. The minimum atomic E-state index is -3.66. The first-order valence-electron chi connectivity index (χ1n) is 8.09. The molecule has 1 aliphatic heterocycles. The third-order valence-corrected chi connectivity index (χ3v) is 5.78. The van der Waals surface area contributed by atoms with Crippen molar-refractivity contribution in [3.05, 3.63) is 59.1 Å². The zero-order chi connectivity index (χ0) is 17.9. The molecule has 1 fully saturated rings. The standard InChI is InChI=1S/C18H19ClN2O3S/c19-15-3-1-4-16(13-15)20-25(23,24)17-8-6-14(7-9-17)10-12-21-11-2-5-18(21)22/h1,3-4,6-9,13,20H,2,5,10-12H2. The molecule has 5 nitrogen and oxygen atoms in total. The molecule has 0 radical (unpaired) electrons. The molecule has 0 bridgehead atoms. The van der Waals surface area contributed by atoms with Gasteiger partial charge >= 0.3 is 0 Å². The van der Waals surface area contributed by atoms with Gasteiger partial charge in [-0.3, -0.25) is 9.52 Å². The summed E-state index contributed by atoms with van der Waals surface area (Å²) < 4.78 is 27.4. The zero-order valence-electron chi connectivity index (χ0n) is 13.6. The van der Waals surface area contributed by atoms with E-state index in [1.807, 2.05) is 4.90 Å². The summed E-state index contributed by atoms with van der Waals surface area (Å²) in [5, 5.41) is 0.465. The largest absolute Gasteiger partial charge is 0.342 e. The summed E-state index contributed by atoms with van der Waals surface area (Å²) in [6.07, 6.45) is 2.27. The van der Waals surface area contributed by atoms with Gasteiger partial charge < -0.3 is 4.90 Å². The fourth-order valence-electron chi connectivity index (χ4n) is 2.81. The Kier molecular flexibility index (Phi) is 5.30. The molecule has 1 heterocycles. The molecule has 7 heteroatoms. The maximum Gasteiger partial charge on any atom is 0.261 e. The monoisotopic (exact) mass is 378 g/mol. The number of rotatable bonds is 6. The number of hydrogen-bond donors (Lipinski definition) is 1. The number of carbonyl (C=O) groups excluding carboxylic acids is 1. The van der Waals surface area contributed by atoms with Crippen LogP contribution >= 0.6 is 11.6 Å². The van der Waals surface area contributed by atoms with E-state index < -0.39 is 10.0 Å². The van der Waals surface area contributed by atoms with Gasteiger partial charge in [-0.1, -0.05) is 29.8 Å². The third kappa shape index (κ3) is 4.52. The smallest absolute Gasteiger partial charge is 0.261 e. The van der Waals surface area contributed by atoms with E-state index in [1.54, 1.807) is 48.5 Å². The Morgan fingerprint density at radius 1 is 1.12 bits per heavy atom. The van der Waals surface area contributed by atoms with Crippen molar-refractivity contribution in [1.82, 2.24) is 4.90 Å². The first kappa shape index (κ1) is 17.8. The number of halogens is 1. The van der Waals surface area contributed by atoms with Gasteiger partial charge in [0.15, 0.2) is 0 Å². The van der Waals surface area contributed by atoms with Crippen molar-refractivity contribution in [1.29, 1.82) is 0 Å². The van der Waals surface area contributed by atoms with E-state index >= 15 is 0 Å². The van der Waals surface area contributed by atoms with E-state index in [2.05, 4.69) is 4.72 Å². The van der Waals surface area contributed by atoms with Crippen LogP contribution in [0.15, 0.2) is 53.4 Å². The minimum absolute atomic E-state index is 0.188. The predicted octanol–water partition coefficient (Wildman–Crippen LogP) is 3.31. The Balaban J connectivity index is 1.65. The second-order valence-corrected chi connectivity index (χ2v) is 8.11. The number of amides is 1. The Morgan fingerprint density at radius 2 is 1.88 bits per heavy atom. The molecule has 1 N–H and O–H groups in total. The van der Waals surface area contributed by atoms with Crippen LogP contribution in [-0.2, 0) is 21.2 Å². The summed E-state index contributed by atoms with van der Waals surface area (Å²) in [4.78, 5) is 13.6. The molecule has 2 aromatic carbocycles. The number of carbonyl (C=O) groups is 1. The van der Waals surface area contributed by atoms with Gasteiger partial charge in [-0.2, -0.15) is 0 Å². The van der Waals surface area contributed by atoms with Crippen LogP contribution in [0.5, 0.6) is 0 Å². The molecule has 0 aliphatic carbocycles. The number of hydrogen-bond acceptors (Lipinski definition) is 3. The van der Waals surface area contributed by atoms with Crippen LogP contribution in [0.3, 0.4) is 0 Å². The lowest BCUT2D eigenvalue weighted by atomic mass is 10.1. The van der Waals surface area contributed by atoms with E-state index in [9.17, 15) is 13.2 Å². The predicted molar refractivity (Wildman–Crippen MR) is 98.2 cm³/mol. The summed E-state index contributed by atoms with van der Waals surface area (Å²) in [7, 11) is -3.66. The van der Waals surface area contributed by atoms with Crippen LogP contribution < -0.4 is 4.72 Å². The normalized spacial score (nSPS) is 14.8. The lowest BCUT2D eigenvalue weighted by Crippen LogP contribution is -2.26. The highest BCUT2D eigenvalue weighted by Crippen LogP contribution is 2.20. The van der Waals surface area contributed by atoms with E-state index in [0.717, 1.165) is 18.5 Å². The van der Waals surface area contributed by atoms with Crippen molar-refractivity contribution in [2.45, 2.75) is 24.2 Å².